The van der Waals surface area contributed by atoms with Gasteiger partial charge in [-0.05, 0) is 12.1 Å². The second kappa shape index (κ2) is 4.98. The molecule has 0 saturated carbocycles. The molecule has 0 saturated heterocycles. The van der Waals surface area contributed by atoms with E-state index in [0.29, 0.717) is 17.1 Å². The number of aromatic hydroxyl groups is 1. The van der Waals surface area contributed by atoms with E-state index < -0.39 is 22.5 Å². The van der Waals surface area contributed by atoms with E-state index in [4.69, 9.17) is 17.3 Å². The SMILES string of the molecule is Cn1nc(-c2cc(C(F)(F)F)cc(Cl)c2O)c2cnc(N)nc21. The third-order valence-electron chi connectivity index (χ3n) is 3.24. The Hall–Kier alpha value is -2.55. The lowest BCUT2D eigenvalue weighted by atomic mass is 10.0. The number of nitrogens with two attached hydrogens (primary N) is 1. The monoisotopic (exact) mass is 343 g/mol. The van der Waals surface area contributed by atoms with Gasteiger partial charge >= 0.3 is 6.18 Å². The summed E-state index contributed by atoms with van der Waals surface area (Å²) in [6.07, 6.45) is -3.29. The van der Waals surface area contributed by atoms with Crippen LogP contribution in [0, 0.1) is 0 Å². The molecule has 0 aliphatic rings. The molecule has 3 rings (SSSR count). The average Bonchev–Trinajstić information content (AvgIpc) is 2.77. The molecule has 3 N–H and O–H groups in total. The number of phenolic OH excluding ortho intramolecular Hbond substituents is 1. The predicted molar refractivity (Wildman–Crippen MR) is 77.8 cm³/mol. The summed E-state index contributed by atoms with van der Waals surface area (Å²) >= 11 is 5.72. The number of fused-ring (bicyclic) bond motifs is 1. The highest BCUT2D eigenvalue weighted by Gasteiger charge is 2.33. The highest BCUT2D eigenvalue weighted by molar-refractivity contribution is 6.32. The van der Waals surface area contributed by atoms with Gasteiger partial charge in [-0.2, -0.15) is 23.3 Å². The molecule has 0 unspecified atom stereocenters. The topological polar surface area (TPSA) is 89.8 Å². The van der Waals surface area contributed by atoms with Crippen molar-refractivity contribution >= 4 is 28.6 Å². The minimum absolute atomic E-state index is 0.00153. The minimum atomic E-state index is -4.61. The van der Waals surface area contributed by atoms with Crippen molar-refractivity contribution in [1.29, 1.82) is 0 Å². The van der Waals surface area contributed by atoms with Crippen LogP contribution in [-0.4, -0.2) is 24.9 Å². The van der Waals surface area contributed by atoms with Crippen LogP contribution in [0.15, 0.2) is 18.3 Å². The fourth-order valence-corrected chi connectivity index (χ4v) is 2.41. The highest BCUT2D eigenvalue weighted by atomic mass is 35.5. The number of alkyl halides is 3. The van der Waals surface area contributed by atoms with Gasteiger partial charge in [0.2, 0.25) is 5.95 Å². The maximum atomic E-state index is 13.0. The van der Waals surface area contributed by atoms with E-state index in [2.05, 4.69) is 15.1 Å². The zero-order chi connectivity index (χ0) is 16.9. The molecule has 23 heavy (non-hydrogen) atoms. The lowest BCUT2D eigenvalue weighted by molar-refractivity contribution is -0.137. The van der Waals surface area contributed by atoms with E-state index in [0.717, 1.165) is 6.07 Å². The number of aromatic nitrogens is 4. The number of nitrogen functional groups attached to an aromatic ring is 1. The van der Waals surface area contributed by atoms with Crippen LogP contribution in [0.5, 0.6) is 5.75 Å². The number of aryl methyl sites for hydroxylation is 1. The van der Waals surface area contributed by atoms with E-state index in [1.807, 2.05) is 0 Å². The molecule has 0 amide bonds. The van der Waals surface area contributed by atoms with Crippen LogP contribution in [0.3, 0.4) is 0 Å². The molecule has 0 radical (unpaired) electrons. The van der Waals surface area contributed by atoms with Crippen molar-refractivity contribution in [2.45, 2.75) is 6.18 Å². The van der Waals surface area contributed by atoms with Gasteiger partial charge in [0.15, 0.2) is 5.65 Å². The summed E-state index contributed by atoms with van der Waals surface area (Å²) in [4.78, 5) is 7.78. The van der Waals surface area contributed by atoms with Gasteiger partial charge in [0.1, 0.15) is 11.4 Å². The summed E-state index contributed by atoms with van der Waals surface area (Å²) < 4.78 is 40.2. The van der Waals surface area contributed by atoms with Crippen LogP contribution >= 0.6 is 11.6 Å². The molecule has 2 heterocycles. The first-order valence-electron chi connectivity index (χ1n) is 6.24. The van der Waals surface area contributed by atoms with E-state index in [-0.39, 0.29) is 17.2 Å². The number of benzene rings is 1. The largest absolute Gasteiger partial charge is 0.506 e. The van der Waals surface area contributed by atoms with Gasteiger partial charge in [0.25, 0.3) is 0 Å². The van der Waals surface area contributed by atoms with Crippen molar-refractivity contribution in [2.24, 2.45) is 7.05 Å². The number of hydrogen-bond acceptors (Lipinski definition) is 5. The minimum Gasteiger partial charge on any atom is -0.506 e. The van der Waals surface area contributed by atoms with Crippen LogP contribution in [-0.2, 0) is 13.2 Å². The normalized spacial score (nSPS) is 12.0. The van der Waals surface area contributed by atoms with Gasteiger partial charge in [0.05, 0.1) is 16.0 Å². The molecule has 120 valence electrons. The number of anilines is 1. The molecule has 0 aliphatic heterocycles. The van der Waals surface area contributed by atoms with Gasteiger partial charge in [-0.3, -0.25) is 0 Å². The summed E-state index contributed by atoms with van der Waals surface area (Å²) in [5.74, 6) is -0.505. The molecule has 2 aromatic heterocycles. The Balaban J connectivity index is 2.33. The van der Waals surface area contributed by atoms with Crippen LogP contribution in [0.2, 0.25) is 5.02 Å². The fourth-order valence-electron chi connectivity index (χ4n) is 2.19. The first-order valence-corrected chi connectivity index (χ1v) is 6.61. The number of halogens is 4. The molecular weight excluding hydrogens is 335 g/mol. The zero-order valence-corrected chi connectivity index (χ0v) is 12.3. The Morgan fingerprint density at radius 1 is 1.30 bits per heavy atom. The lowest BCUT2D eigenvalue weighted by Gasteiger charge is -2.11. The van der Waals surface area contributed by atoms with Crippen molar-refractivity contribution in [2.75, 3.05) is 5.73 Å². The van der Waals surface area contributed by atoms with Crippen molar-refractivity contribution in [3.8, 4) is 17.0 Å². The average molecular weight is 344 g/mol. The molecule has 3 aromatic rings. The van der Waals surface area contributed by atoms with Crippen molar-refractivity contribution in [1.82, 2.24) is 19.7 Å². The second-order valence-electron chi connectivity index (χ2n) is 4.79. The summed E-state index contributed by atoms with van der Waals surface area (Å²) in [6.45, 7) is 0. The zero-order valence-electron chi connectivity index (χ0n) is 11.6. The van der Waals surface area contributed by atoms with Gasteiger partial charge in [-0.25, -0.2) is 9.67 Å². The van der Waals surface area contributed by atoms with Crippen molar-refractivity contribution in [3.05, 3.63) is 28.9 Å². The summed E-state index contributed by atoms with van der Waals surface area (Å²) in [7, 11) is 1.55. The number of nitrogens with zero attached hydrogens (tertiary/aromatic N) is 4. The van der Waals surface area contributed by atoms with Crippen molar-refractivity contribution in [3.63, 3.8) is 0 Å². The Kier molecular flexibility index (Phi) is 3.33. The Labute approximate surface area is 132 Å². The smallest absolute Gasteiger partial charge is 0.416 e. The quantitative estimate of drug-likeness (QED) is 0.709. The summed E-state index contributed by atoms with van der Waals surface area (Å²) in [5, 5.41) is 14.1. The predicted octanol–water partition coefficient (Wildman–Crippen LogP) is 2.99. The van der Waals surface area contributed by atoms with E-state index in [1.165, 1.54) is 10.9 Å². The molecule has 6 nitrogen and oxygen atoms in total. The summed E-state index contributed by atoms with van der Waals surface area (Å²) in [6, 6.07) is 1.43. The molecule has 1 aromatic carbocycles. The molecule has 0 aliphatic carbocycles. The van der Waals surface area contributed by atoms with Crippen LogP contribution in [0.4, 0.5) is 19.1 Å². The van der Waals surface area contributed by atoms with Gasteiger partial charge in [-0.15, -0.1) is 0 Å². The highest BCUT2D eigenvalue weighted by Crippen LogP contribution is 2.42. The van der Waals surface area contributed by atoms with Crippen LogP contribution in [0.1, 0.15) is 5.56 Å². The maximum absolute atomic E-state index is 13.0. The molecule has 0 atom stereocenters. The van der Waals surface area contributed by atoms with Gasteiger partial charge in [0, 0.05) is 18.8 Å². The first-order chi connectivity index (χ1) is 10.7. The molecule has 0 fully saturated rings. The third kappa shape index (κ3) is 2.52. The number of hydrogen-bond donors (Lipinski definition) is 2. The maximum Gasteiger partial charge on any atom is 0.416 e. The van der Waals surface area contributed by atoms with Crippen LogP contribution < -0.4 is 5.73 Å². The Morgan fingerprint density at radius 3 is 2.65 bits per heavy atom. The van der Waals surface area contributed by atoms with E-state index >= 15 is 0 Å². The molecule has 10 heteroatoms. The van der Waals surface area contributed by atoms with Gasteiger partial charge < -0.3 is 10.8 Å². The van der Waals surface area contributed by atoms with Crippen LogP contribution in [0.25, 0.3) is 22.3 Å². The standard InChI is InChI=1S/C13H9ClF3N5O/c1-22-11-7(4-19-12(18)20-11)9(21-22)6-2-5(13(15,16)17)3-8(14)10(6)23/h2-4,23H,1H3,(H2,18,19,20). The third-order valence-corrected chi connectivity index (χ3v) is 3.53. The Bertz CT molecular complexity index is 922. The molecule has 0 bridgehead atoms. The fraction of sp³-hybridized carbons (Fsp3) is 0.154. The Morgan fingerprint density at radius 2 is 2.00 bits per heavy atom. The van der Waals surface area contributed by atoms with E-state index in [1.54, 1.807) is 7.05 Å². The van der Waals surface area contributed by atoms with Crippen molar-refractivity contribution < 1.29 is 18.3 Å². The number of phenols is 1. The summed E-state index contributed by atoms with van der Waals surface area (Å²) in [5.41, 5.74) is 4.73. The van der Waals surface area contributed by atoms with Gasteiger partial charge in [-0.1, -0.05) is 11.6 Å². The molecular formula is C13H9ClF3N5O. The second-order valence-corrected chi connectivity index (χ2v) is 5.20. The first kappa shape index (κ1) is 15.3. The van der Waals surface area contributed by atoms with E-state index in [9.17, 15) is 18.3 Å². The number of rotatable bonds is 1. The lowest BCUT2D eigenvalue weighted by Crippen LogP contribution is -2.05. The molecule has 0 spiro atoms.